The maximum absolute atomic E-state index is 12.6. The average molecular weight is 380 g/mol. The van der Waals surface area contributed by atoms with Crippen molar-refractivity contribution in [2.24, 2.45) is 16.9 Å². The van der Waals surface area contributed by atoms with E-state index in [1.165, 1.54) is 0 Å². The van der Waals surface area contributed by atoms with E-state index in [0.29, 0.717) is 5.56 Å². The molecule has 1 fully saturated rings. The molecule has 1 aliphatic carbocycles. The van der Waals surface area contributed by atoms with Crippen molar-refractivity contribution in [2.45, 2.75) is 12.3 Å². The Hall–Kier alpha value is -3.91. The fourth-order valence-corrected chi connectivity index (χ4v) is 3.61. The Morgan fingerprint density at radius 2 is 1.90 bits per heavy atom. The van der Waals surface area contributed by atoms with E-state index in [2.05, 4.69) is 16.5 Å². The summed E-state index contributed by atoms with van der Waals surface area (Å²) in [7, 11) is 0. The van der Waals surface area contributed by atoms with Crippen molar-refractivity contribution < 1.29 is 4.79 Å². The first-order chi connectivity index (χ1) is 14.2. The van der Waals surface area contributed by atoms with Crippen LogP contribution in [0.3, 0.4) is 0 Å². The first kappa shape index (κ1) is 18.5. The quantitative estimate of drug-likeness (QED) is 0.394. The zero-order chi connectivity index (χ0) is 20.2. The standard InChI is InChI=1S/C24H20N4O/c25-14-19-5-1-2-7-21(19)17-8-10-20(11-9-17)28-24(29)23-13-22(23)18-6-3-4-16(12-18)15-27-26/h1-12,15,22-23H,13,26H2,(H,28,29)/t22-,23-/m1/s1. The van der Waals surface area contributed by atoms with Crippen LogP contribution in [0.4, 0.5) is 5.69 Å². The van der Waals surface area contributed by atoms with Gasteiger partial charge in [-0.1, -0.05) is 48.5 Å². The molecule has 3 aromatic carbocycles. The van der Waals surface area contributed by atoms with E-state index < -0.39 is 0 Å². The molecule has 29 heavy (non-hydrogen) atoms. The molecule has 1 aliphatic rings. The van der Waals surface area contributed by atoms with Gasteiger partial charge in [0.05, 0.1) is 17.8 Å². The summed E-state index contributed by atoms with van der Waals surface area (Å²) < 4.78 is 0. The molecule has 0 saturated heterocycles. The van der Waals surface area contributed by atoms with Crippen LogP contribution in [-0.2, 0) is 4.79 Å². The summed E-state index contributed by atoms with van der Waals surface area (Å²) in [5.41, 5.74) is 5.28. The molecule has 2 atom stereocenters. The predicted octanol–water partition coefficient (Wildman–Crippen LogP) is 4.26. The highest BCUT2D eigenvalue weighted by Gasteiger charge is 2.43. The van der Waals surface area contributed by atoms with Crippen LogP contribution in [0.1, 0.15) is 29.0 Å². The number of nitrogens with zero attached hydrogens (tertiary/aromatic N) is 2. The van der Waals surface area contributed by atoms with Gasteiger partial charge in [0.15, 0.2) is 0 Å². The number of benzene rings is 3. The Morgan fingerprint density at radius 3 is 2.66 bits per heavy atom. The molecule has 0 bridgehead atoms. The van der Waals surface area contributed by atoms with Gasteiger partial charge in [-0.2, -0.15) is 10.4 Å². The van der Waals surface area contributed by atoms with E-state index in [-0.39, 0.29) is 17.7 Å². The van der Waals surface area contributed by atoms with E-state index in [0.717, 1.165) is 34.4 Å². The van der Waals surface area contributed by atoms with Crippen molar-refractivity contribution in [1.82, 2.24) is 0 Å². The number of hydrazone groups is 1. The second-order valence-electron chi connectivity index (χ2n) is 7.12. The fraction of sp³-hybridized carbons (Fsp3) is 0.125. The number of carbonyl (C=O) groups is 1. The Bertz CT molecular complexity index is 1110. The zero-order valence-electron chi connectivity index (χ0n) is 15.7. The van der Waals surface area contributed by atoms with Gasteiger partial charge in [0.2, 0.25) is 5.91 Å². The highest BCUT2D eigenvalue weighted by atomic mass is 16.2. The summed E-state index contributed by atoms with van der Waals surface area (Å²) in [5.74, 6) is 5.44. The average Bonchev–Trinajstić information content (AvgIpc) is 3.56. The molecule has 0 radical (unpaired) electrons. The number of nitrogens with two attached hydrogens (primary N) is 1. The van der Waals surface area contributed by atoms with E-state index in [1.54, 1.807) is 12.3 Å². The predicted molar refractivity (Wildman–Crippen MR) is 114 cm³/mol. The minimum absolute atomic E-state index is 0.0260. The fourth-order valence-electron chi connectivity index (χ4n) is 3.61. The molecule has 0 aliphatic heterocycles. The van der Waals surface area contributed by atoms with Gasteiger partial charge in [0.25, 0.3) is 0 Å². The second kappa shape index (κ2) is 7.99. The lowest BCUT2D eigenvalue weighted by atomic mass is 10.0. The van der Waals surface area contributed by atoms with Gasteiger partial charge in [0.1, 0.15) is 0 Å². The largest absolute Gasteiger partial charge is 0.326 e. The van der Waals surface area contributed by atoms with Crippen molar-refractivity contribution in [3.63, 3.8) is 0 Å². The van der Waals surface area contributed by atoms with E-state index in [9.17, 15) is 10.1 Å². The van der Waals surface area contributed by atoms with Crippen LogP contribution in [0.25, 0.3) is 11.1 Å². The summed E-state index contributed by atoms with van der Waals surface area (Å²) in [6, 6.07) is 25.2. The highest BCUT2D eigenvalue weighted by Crippen LogP contribution is 2.48. The topological polar surface area (TPSA) is 91.3 Å². The number of nitriles is 1. The first-order valence-corrected chi connectivity index (χ1v) is 9.43. The van der Waals surface area contributed by atoms with Crippen molar-refractivity contribution in [1.29, 1.82) is 5.26 Å². The lowest BCUT2D eigenvalue weighted by Crippen LogP contribution is -2.14. The summed E-state index contributed by atoms with van der Waals surface area (Å²) in [4.78, 5) is 12.6. The molecule has 0 unspecified atom stereocenters. The first-order valence-electron chi connectivity index (χ1n) is 9.43. The third-order valence-electron chi connectivity index (χ3n) is 5.20. The monoisotopic (exact) mass is 380 g/mol. The minimum Gasteiger partial charge on any atom is -0.326 e. The Balaban J connectivity index is 1.42. The molecule has 1 saturated carbocycles. The SMILES string of the molecule is N#Cc1ccccc1-c1ccc(NC(=O)[C@@H]2C[C@@H]2c2cccc(C=NN)c2)cc1. The summed E-state index contributed by atoms with van der Waals surface area (Å²) >= 11 is 0. The van der Waals surface area contributed by atoms with Gasteiger partial charge in [-0.05, 0) is 58.9 Å². The third kappa shape index (κ3) is 4.02. The lowest BCUT2D eigenvalue weighted by Gasteiger charge is -2.08. The van der Waals surface area contributed by atoms with Gasteiger partial charge in [-0.3, -0.25) is 4.79 Å². The maximum Gasteiger partial charge on any atom is 0.228 e. The molecule has 142 valence electrons. The second-order valence-corrected chi connectivity index (χ2v) is 7.12. The van der Waals surface area contributed by atoms with Crippen molar-refractivity contribution in [3.8, 4) is 17.2 Å². The molecular formula is C24H20N4O. The van der Waals surface area contributed by atoms with Crippen molar-refractivity contribution in [3.05, 3.63) is 89.5 Å². The number of hydrogen-bond donors (Lipinski definition) is 2. The number of anilines is 1. The summed E-state index contributed by atoms with van der Waals surface area (Å²) in [6.07, 6.45) is 2.44. The van der Waals surface area contributed by atoms with Crippen LogP contribution >= 0.6 is 0 Å². The number of hydrogen-bond acceptors (Lipinski definition) is 4. The van der Waals surface area contributed by atoms with Crippen LogP contribution in [0, 0.1) is 17.2 Å². The Morgan fingerprint density at radius 1 is 1.10 bits per heavy atom. The van der Waals surface area contributed by atoms with Gasteiger partial charge in [-0.25, -0.2) is 0 Å². The maximum atomic E-state index is 12.6. The molecule has 0 heterocycles. The number of rotatable bonds is 5. The van der Waals surface area contributed by atoms with Gasteiger partial charge >= 0.3 is 0 Å². The number of carbonyl (C=O) groups excluding carboxylic acids is 1. The van der Waals surface area contributed by atoms with Crippen LogP contribution in [0.2, 0.25) is 0 Å². The molecule has 3 aromatic rings. The smallest absolute Gasteiger partial charge is 0.228 e. The van der Waals surface area contributed by atoms with E-state index >= 15 is 0 Å². The summed E-state index contributed by atoms with van der Waals surface area (Å²) in [5, 5.41) is 15.8. The van der Waals surface area contributed by atoms with Crippen molar-refractivity contribution >= 4 is 17.8 Å². The number of amides is 1. The lowest BCUT2D eigenvalue weighted by molar-refractivity contribution is -0.117. The van der Waals surface area contributed by atoms with Crippen LogP contribution in [0.15, 0.2) is 77.9 Å². The highest BCUT2D eigenvalue weighted by molar-refractivity contribution is 5.95. The molecule has 5 heteroatoms. The normalized spacial score (nSPS) is 17.6. The minimum atomic E-state index is -0.0287. The molecule has 0 spiro atoms. The third-order valence-corrected chi connectivity index (χ3v) is 5.20. The molecule has 0 aromatic heterocycles. The molecular weight excluding hydrogens is 360 g/mol. The summed E-state index contributed by atoms with van der Waals surface area (Å²) in [6.45, 7) is 0. The zero-order valence-corrected chi connectivity index (χ0v) is 15.7. The number of nitrogens with one attached hydrogen (secondary N) is 1. The van der Waals surface area contributed by atoms with E-state index in [4.69, 9.17) is 5.84 Å². The van der Waals surface area contributed by atoms with Crippen molar-refractivity contribution in [2.75, 3.05) is 5.32 Å². The van der Waals surface area contributed by atoms with Gasteiger partial charge in [0, 0.05) is 11.6 Å². The van der Waals surface area contributed by atoms with Crippen LogP contribution in [0.5, 0.6) is 0 Å². The molecule has 4 rings (SSSR count). The Labute approximate surface area is 169 Å². The van der Waals surface area contributed by atoms with Crippen LogP contribution < -0.4 is 11.2 Å². The molecule has 1 amide bonds. The van der Waals surface area contributed by atoms with Gasteiger partial charge < -0.3 is 11.2 Å². The van der Waals surface area contributed by atoms with Crippen LogP contribution in [-0.4, -0.2) is 12.1 Å². The molecule has 5 nitrogen and oxygen atoms in total. The van der Waals surface area contributed by atoms with Gasteiger partial charge in [-0.15, -0.1) is 0 Å². The Kier molecular flexibility index (Phi) is 5.08. The molecule has 3 N–H and O–H groups in total. The van der Waals surface area contributed by atoms with E-state index in [1.807, 2.05) is 66.7 Å².